The largest absolute Gasteiger partial charge is 0.481 e. The number of nitrogens with zero attached hydrogens (tertiary/aromatic N) is 1. The minimum Gasteiger partial charge on any atom is -0.481 e. The molecule has 0 fully saturated rings. The van der Waals surface area contributed by atoms with Crippen LogP contribution in [0.25, 0.3) is 10.9 Å². The molecule has 0 aliphatic heterocycles. The number of nitrogens with one attached hydrogen (secondary N) is 1. The number of esters is 1. The summed E-state index contributed by atoms with van der Waals surface area (Å²) >= 11 is 0. The van der Waals surface area contributed by atoms with E-state index in [-0.39, 0.29) is 18.1 Å². The molecule has 6 heteroatoms. The fourth-order valence-electron chi connectivity index (χ4n) is 2.40. The molecule has 25 heavy (non-hydrogen) atoms. The number of aromatic nitrogens is 1. The van der Waals surface area contributed by atoms with Gasteiger partial charge in [-0.15, -0.1) is 0 Å². The summed E-state index contributed by atoms with van der Waals surface area (Å²) in [6.07, 6.45) is 1.67. The summed E-state index contributed by atoms with van der Waals surface area (Å²) in [5.41, 5.74) is 1.34. The van der Waals surface area contributed by atoms with E-state index in [4.69, 9.17) is 9.47 Å². The monoisotopic (exact) mass is 336 g/mol. The lowest BCUT2D eigenvalue weighted by molar-refractivity contribution is -0.118. The van der Waals surface area contributed by atoms with E-state index in [0.29, 0.717) is 17.0 Å². The van der Waals surface area contributed by atoms with Crippen LogP contribution in [0.3, 0.4) is 0 Å². The van der Waals surface area contributed by atoms with E-state index in [1.807, 2.05) is 24.3 Å². The number of pyridine rings is 1. The number of ether oxygens (including phenoxy) is 2. The normalized spacial score (nSPS) is 10.3. The van der Waals surface area contributed by atoms with Crippen LogP contribution in [0, 0.1) is 0 Å². The molecule has 0 saturated heterocycles. The molecule has 0 aliphatic carbocycles. The Balaban J connectivity index is 1.71. The summed E-state index contributed by atoms with van der Waals surface area (Å²) < 4.78 is 10.3. The van der Waals surface area contributed by atoms with E-state index in [1.165, 1.54) is 7.11 Å². The summed E-state index contributed by atoms with van der Waals surface area (Å²) in [4.78, 5) is 28.2. The molecule has 2 aromatic carbocycles. The molecule has 126 valence electrons. The topological polar surface area (TPSA) is 77.5 Å². The maximum atomic E-state index is 12.2. The molecule has 0 saturated carbocycles. The van der Waals surface area contributed by atoms with Crippen LogP contribution in [0.15, 0.2) is 60.8 Å². The molecule has 3 rings (SSSR count). The van der Waals surface area contributed by atoms with Gasteiger partial charge in [-0.2, -0.15) is 0 Å². The minimum absolute atomic E-state index is 0.203. The predicted octanol–water partition coefficient (Wildman–Crippen LogP) is 3.04. The number of para-hydroxylation sites is 2. The fraction of sp³-hybridized carbons (Fsp3) is 0.105. The third-order valence-corrected chi connectivity index (χ3v) is 3.56. The number of fused-ring (bicyclic) bond motifs is 1. The molecule has 0 aliphatic rings. The van der Waals surface area contributed by atoms with Crippen LogP contribution in [0.4, 0.5) is 5.69 Å². The van der Waals surface area contributed by atoms with Crippen LogP contribution in [0.2, 0.25) is 0 Å². The Kier molecular flexibility index (Phi) is 4.89. The van der Waals surface area contributed by atoms with Crippen molar-refractivity contribution in [2.45, 2.75) is 0 Å². The first kappa shape index (κ1) is 16.4. The maximum absolute atomic E-state index is 12.2. The lowest BCUT2D eigenvalue weighted by Gasteiger charge is -2.11. The number of methoxy groups -OCH3 is 1. The number of benzene rings is 2. The maximum Gasteiger partial charge on any atom is 0.339 e. The highest BCUT2D eigenvalue weighted by atomic mass is 16.5. The van der Waals surface area contributed by atoms with Gasteiger partial charge < -0.3 is 14.8 Å². The molecule has 0 spiro atoms. The molecular formula is C19H16N2O4. The molecule has 1 heterocycles. The van der Waals surface area contributed by atoms with Gasteiger partial charge in [0.05, 0.1) is 18.4 Å². The number of carbonyl (C=O) groups excluding carboxylic acids is 2. The molecule has 0 bridgehead atoms. The molecule has 0 unspecified atom stereocenters. The minimum atomic E-state index is -0.518. The first-order valence-corrected chi connectivity index (χ1v) is 7.63. The summed E-state index contributed by atoms with van der Waals surface area (Å²) in [6.45, 7) is -0.203. The van der Waals surface area contributed by atoms with Crippen molar-refractivity contribution in [3.63, 3.8) is 0 Å². The zero-order valence-corrected chi connectivity index (χ0v) is 13.6. The molecule has 3 aromatic rings. The standard InChI is InChI=1S/C19H16N2O4/c1-24-19(23)14-8-2-3-9-15(14)21-17(22)12-25-16-10-4-6-13-7-5-11-20-18(13)16/h2-11H,12H2,1H3,(H,21,22). The van der Waals surface area contributed by atoms with Crippen molar-refractivity contribution in [1.82, 2.24) is 4.98 Å². The van der Waals surface area contributed by atoms with E-state index in [1.54, 1.807) is 36.5 Å². The highest BCUT2D eigenvalue weighted by molar-refractivity contribution is 6.01. The number of hydrogen-bond donors (Lipinski definition) is 1. The van der Waals surface area contributed by atoms with E-state index < -0.39 is 5.97 Å². The molecule has 1 amide bonds. The van der Waals surface area contributed by atoms with Gasteiger partial charge >= 0.3 is 5.97 Å². The predicted molar refractivity (Wildman–Crippen MR) is 93.6 cm³/mol. The van der Waals surface area contributed by atoms with E-state index in [2.05, 4.69) is 10.3 Å². The quantitative estimate of drug-likeness (QED) is 0.725. The fourth-order valence-corrected chi connectivity index (χ4v) is 2.40. The van der Waals surface area contributed by atoms with E-state index >= 15 is 0 Å². The third-order valence-electron chi connectivity index (χ3n) is 3.56. The number of anilines is 1. The first-order chi connectivity index (χ1) is 12.2. The average molecular weight is 336 g/mol. The van der Waals surface area contributed by atoms with Crippen molar-refractivity contribution < 1.29 is 19.1 Å². The third kappa shape index (κ3) is 3.74. The van der Waals surface area contributed by atoms with Gasteiger partial charge in [-0.3, -0.25) is 9.78 Å². The van der Waals surface area contributed by atoms with Crippen LogP contribution < -0.4 is 10.1 Å². The summed E-state index contributed by atoms with van der Waals surface area (Å²) in [7, 11) is 1.29. The second-order valence-corrected chi connectivity index (χ2v) is 5.21. The van der Waals surface area contributed by atoms with Crippen LogP contribution in [-0.2, 0) is 9.53 Å². The Morgan fingerprint density at radius 1 is 1.04 bits per heavy atom. The van der Waals surface area contributed by atoms with Crippen molar-refractivity contribution in [2.75, 3.05) is 19.0 Å². The van der Waals surface area contributed by atoms with Crippen molar-refractivity contribution in [2.24, 2.45) is 0 Å². The number of carbonyl (C=O) groups is 2. The smallest absolute Gasteiger partial charge is 0.339 e. The SMILES string of the molecule is COC(=O)c1ccccc1NC(=O)COc1cccc2cccnc12. The second-order valence-electron chi connectivity index (χ2n) is 5.21. The van der Waals surface area contributed by atoms with Gasteiger partial charge in [0.15, 0.2) is 6.61 Å². The summed E-state index contributed by atoms with van der Waals surface area (Å²) in [6, 6.07) is 15.9. The van der Waals surface area contributed by atoms with Gasteiger partial charge in [0.1, 0.15) is 11.3 Å². The van der Waals surface area contributed by atoms with E-state index in [9.17, 15) is 9.59 Å². The van der Waals surface area contributed by atoms with Gasteiger partial charge in [-0.1, -0.05) is 30.3 Å². The molecular weight excluding hydrogens is 320 g/mol. The zero-order valence-electron chi connectivity index (χ0n) is 13.6. The Morgan fingerprint density at radius 3 is 2.68 bits per heavy atom. The van der Waals surface area contributed by atoms with Crippen molar-refractivity contribution in [3.8, 4) is 5.75 Å². The lowest BCUT2D eigenvalue weighted by Crippen LogP contribution is -2.21. The first-order valence-electron chi connectivity index (χ1n) is 7.63. The van der Waals surface area contributed by atoms with Crippen LogP contribution >= 0.6 is 0 Å². The lowest BCUT2D eigenvalue weighted by atomic mass is 10.2. The van der Waals surface area contributed by atoms with Gasteiger partial charge in [0.2, 0.25) is 0 Å². The van der Waals surface area contributed by atoms with Crippen molar-refractivity contribution in [1.29, 1.82) is 0 Å². The zero-order chi connectivity index (χ0) is 17.6. The highest BCUT2D eigenvalue weighted by Gasteiger charge is 2.14. The van der Waals surface area contributed by atoms with Crippen LogP contribution in [0.5, 0.6) is 5.75 Å². The number of rotatable bonds is 5. The molecule has 1 N–H and O–H groups in total. The summed E-state index contributed by atoms with van der Waals surface area (Å²) in [5.74, 6) is -0.381. The highest BCUT2D eigenvalue weighted by Crippen LogP contribution is 2.23. The Hall–Kier alpha value is -3.41. The van der Waals surface area contributed by atoms with Gasteiger partial charge in [-0.05, 0) is 24.3 Å². The molecule has 6 nitrogen and oxygen atoms in total. The van der Waals surface area contributed by atoms with Crippen molar-refractivity contribution in [3.05, 3.63) is 66.4 Å². The van der Waals surface area contributed by atoms with E-state index in [0.717, 1.165) is 5.39 Å². The van der Waals surface area contributed by atoms with Crippen LogP contribution in [-0.4, -0.2) is 30.6 Å². The van der Waals surface area contributed by atoms with Gasteiger partial charge in [0, 0.05) is 11.6 Å². The van der Waals surface area contributed by atoms with Gasteiger partial charge in [-0.25, -0.2) is 4.79 Å². The number of hydrogen-bond acceptors (Lipinski definition) is 5. The number of amides is 1. The Morgan fingerprint density at radius 2 is 1.84 bits per heavy atom. The van der Waals surface area contributed by atoms with Crippen LogP contribution in [0.1, 0.15) is 10.4 Å². The Bertz CT molecular complexity index is 919. The average Bonchev–Trinajstić information content (AvgIpc) is 2.66. The molecule has 0 radical (unpaired) electrons. The molecule has 0 atom stereocenters. The van der Waals surface area contributed by atoms with Crippen molar-refractivity contribution >= 4 is 28.5 Å². The second kappa shape index (κ2) is 7.44. The Labute approximate surface area is 144 Å². The van der Waals surface area contributed by atoms with Gasteiger partial charge in [0.25, 0.3) is 5.91 Å². The molecule has 1 aromatic heterocycles. The summed E-state index contributed by atoms with van der Waals surface area (Å²) in [5, 5.41) is 3.59.